The highest BCUT2D eigenvalue weighted by atomic mass is 16.3. The van der Waals surface area contributed by atoms with Crippen molar-refractivity contribution in [1.29, 1.82) is 0 Å². The molecule has 0 spiro atoms. The van der Waals surface area contributed by atoms with Crippen molar-refractivity contribution >= 4 is 87.4 Å². The number of hydrogen-bond acceptors (Lipinski definition) is 2. The van der Waals surface area contributed by atoms with Gasteiger partial charge in [-0.05, 0) is 111 Å². The lowest BCUT2D eigenvalue weighted by Crippen LogP contribution is -2.32. The molecule has 2 atom stereocenters. The van der Waals surface area contributed by atoms with E-state index in [1.54, 1.807) is 6.20 Å². The zero-order chi connectivity index (χ0) is 41.0. The molecule has 12 rings (SSSR count). The molecule has 0 saturated heterocycles. The van der Waals surface area contributed by atoms with E-state index < -0.39 is 0 Å². The van der Waals surface area contributed by atoms with Crippen LogP contribution in [0.4, 0.5) is 0 Å². The highest BCUT2D eigenvalue weighted by molar-refractivity contribution is 6.12. The smallest absolute Gasteiger partial charge is 0.138 e. The topological polar surface area (TPSA) is 40.8 Å². The van der Waals surface area contributed by atoms with Gasteiger partial charge in [-0.25, -0.2) is 0 Å². The fourth-order valence-corrected chi connectivity index (χ4v) is 11.0. The van der Waals surface area contributed by atoms with Gasteiger partial charge in [-0.2, -0.15) is 0 Å². The van der Waals surface area contributed by atoms with E-state index in [1.807, 2.05) is 12.3 Å². The first-order valence-electron chi connectivity index (χ1n) is 21.7. The van der Waals surface area contributed by atoms with Gasteiger partial charge in [0.2, 0.25) is 0 Å². The summed E-state index contributed by atoms with van der Waals surface area (Å²) in [6.45, 7) is 9.53. The molecule has 296 valence electrons. The minimum absolute atomic E-state index is 0.270. The maximum atomic E-state index is 6.19. The molecule has 0 aliphatic carbocycles. The molecule has 5 aromatic heterocycles. The molecule has 12 aromatic rings. The number of fused-ring (bicyclic) bond motifs is 12. The minimum Gasteiger partial charge on any atom is -0.456 e. The van der Waals surface area contributed by atoms with Gasteiger partial charge in [-0.1, -0.05) is 105 Å². The Morgan fingerprint density at radius 3 is 1.59 bits per heavy atom. The van der Waals surface area contributed by atoms with Gasteiger partial charge in [0.25, 0.3) is 0 Å². The number of nitrogens with zero attached hydrogens (tertiary/aromatic N) is 4. The van der Waals surface area contributed by atoms with Crippen molar-refractivity contribution in [3.63, 3.8) is 0 Å². The van der Waals surface area contributed by atoms with Crippen LogP contribution in [-0.2, 0) is 11.1 Å². The number of hydrogen-bond donors (Lipinski definition) is 0. The van der Waals surface area contributed by atoms with E-state index in [0.29, 0.717) is 0 Å². The van der Waals surface area contributed by atoms with E-state index in [-0.39, 0.29) is 11.1 Å². The summed E-state index contributed by atoms with van der Waals surface area (Å²) >= 11 is 0. The minimum atomic E-state index is -0.346. The molecule has 0 aliphatic heterocycles. The Balaban J connectivity index is 1.05. The third-order valence-electron chi connectivity index (χ3n) is 14.1. The number of para-hydroxylation sites is 4. The van der Waals surface area contributed by atoms with Crippen LogP contribution in [0.25, 0.3) is 93.0 Å². The lowest BCUT2D eigenvalue weighted by molar-refractivity contribution is 0.380. The molecule has 5 heterocycles. The first-order valence-corrected chi connectivity index (χ1v) is 21.7. The number of furan rings is 1. The molecule has 0 fully saturated rings. The van der Waals surface area contributed by atoms with Gasteiger partial charge in [-0.15, -0.1) is 0 Å². The highest BCUT2D eigenvalue weighted by Gasteiger charge is 2.35. The first kappa shape index (κ1) is 35.8. The van der Waals surface area contributed by atoms with Crippen LogP contribution in [0.1, 0.15) is 58.1 Å². The van der Waals surface area contributed by atoms with Gasteiger partial charge < -0.3 is 18.1 Å². The molecule has 7 aromatic carbocycles. The molecule has 5 nitrogen and oxygen atoms in total. The van der Waals surface area contributed by atoms with E-state index in [1.165, 1.54) is 76.5 Å². The number of pyridine rings is 1. The second kappa shape index (κ2) is 13.2. The fourth-order valence-electron chi connectivity index (χ4n) is 11.0. The molecular weight excluding hydrogens is 745 g/mol. The molecule has 2 unspecified atom stereocenters. The average molecular weight is 791 g/mol. The number of rotatable bonds is 8. The Hall–Kier alpha value is -7.11. The summed E-state index contributed by atoms with van der Waals surface area (Å²) in [6, 6.07) is 58.6. The fraction of sp³-hybridized carbons (Fsp3) is 0.161. The first-order chi connectivity index (χ1) is 29.9. The Kier molecular flexibility index (Phi) is 7.74. The van der Waals surface area contributed by atoms with Crippen molar-refractivity contribution in [2.24, 2.45) is 0 Å². The Labute approximate surface area is 354 Å². The largest absolute Gasteiger partial charge is 0.456 e. The van der Waals surface area contributed by atoms with Gasteiger partial charge in [0.1, 0.15) is 11.2 Å². The molecular formula is C56H46N4O. The third kappa shape index (κ3) is 4.98. The molecule has 0 bridgehead atoms. The molecule has 0 saturated carbocycles. The Bertz CT molecular complexity index is 3660. The molecule has 5 heteroatoms. The second-order valence-electron chi connectivity index (χ2n) is 17.3. The van der Waals surface area contributed by atoms with E-state index in [9.17, 15) is 0 Å². The Morgan fingerprint density at radius 1 is 0.459 bits per heavy atom. The monoisotopic (exact) mass is 790 g/mol. The number of benzene rings is 7. The van der Waals surface area contributed by atoms with Gasteiger partial charge in [0.05, 0.1) is 22.1 Å². The normalized spacial score (nSPS) is 14.4. The summed E-state index contributed by atoms with van der Waals surface area (Å²) in [4.78, 5) is 4.41. The number of aromatic nitrogens is 4. The van der Waals surface area contributed by atoms with Crippen LogP contribution >= 0.6 is 0 Å². The van der Waals surface area contributed by atoms with Crippen LogP contribution in [0.5, 0.6) is 0 Å². The zero-order valence-electron chi connectivity index (χ0n) is 35.0. The summed E-state index contributed by atoms with van der Waals surface area (Å²) in [6.07, 6.45) is 6.69. The highest BCUT2D eigenvalue weighted by Crippen LogP contribution is 2.46. The van der Waals surface area contributed by atoms with Crippen molar-refractivity contribution in [3.8, 4) is 5.69 Å². The van der Waals surface area contributed by atoms with Crippen molar-refractivity contribution in [2.45, 2.75) is 58.0 Å². The predicted molar refractivity (Wildman–Crippen MR) is 255 cm³/mol. The maximum absolute atomic E-state index is 6.19. The zero-order valence-corrected chi connectivity index (χ0v) is 35.0. The maximum Gasteiger partial charge on any atom is 0.138 e. The van der Waals surface area contributed by atoms with Crippen molar-refractivity contribution in [1.82, 2.24) is 18.7 Å². The second-order valence-corrected chi connectivity index (χ2v) is 17.3. The summed E-state index contributed by atoms with van der Waals surface area (Å²) in [7, 11) is 0. The average Bonchev–Trinajstić information content (AvgIpc) is 4.05. The van der Waals surface area contributed by atoms with E-state index in [0.717, 1.165) is 46.9 Å². The lowest BCUT2D eigenvalue weighted by atomic mass is 9.85. The van der Waals surface area contributed by atoms with Crippen LogP contribution in [0.2, 0.25) is 0 Å². The Morgan fingerprint density at radius 2 is 0.951 bits per heavy atom. The van der Waals surface area contributed by atoms with E-state index in [4.69, 9.17) is 4.42 Å². The molecule has 0 radical (unpaired) electrons. The van der Waals surface area contributed by atoms with E-state index in [2.05, 4.69) is 198 Å². The lowest BCUT2D eigenvalue weighted by Gasteiger charge is -2.35. The summed E-state index contributed by atoms with van der Waals surface area (Å²) in [5.74, 6) is 0. The standard InChI is InChI=1S/C56H46N4O/c1-5-30-56(4,60-49-20-12-8-15-39(49)40-16-9-13-21-50(40)60)37-24-27-52-44(33-37)42-18-10-14-22-51(42)59(52)55(3,6-2)36-23-26-48-43(32-36)41-17-7-11-19-47(41)58(48)38-25-28-53-45(34-38)46-35-57-31-29-54(46)61-53/h7-29,31-35H,5-6,30H2,1-4H3. The van der Waals surface area contributed by atoms with Gasteiger partial charge in [0, 0.05) is 83.2 Å². The van der Waals surface area contributed by atoms with Crippen molar-refractivity contribution in [3.05, 3.63) is 181 Å². The quantitative estimate of drug-likeness (QED) is 0.154. The van der Waals surface area contributed by atoms with Crippen LogP contribution in [0.3, 0.4) is 0 Å². The van der Waals surface area contributed by atoms with Crippen LogP contribution in [0, 0.1) is 0 Å². The molecule has 0 N–H and O–H groups in total. The van der Waals surface area contributed by atoms with Gasteiger partial charge in [0.15, 0.2) is 0 Å². The van der Waals surface area contributed by atoms with Crippen molar-refractivity contribution in [2.75, 3.05) is 0 Å². The van der Waals surface area contributed by atoms with Crippen LogP contribution in [0.15, 0.2) is 175 Å². The summed E-state index contributed by atoms with van der Waals surface area (Å²) < 4.78 is 13.8. The molecule has 0 aliphatic rings. The summed E-state index contributed by atoms with van der Waals surface area (Å²) in [5, 5.41) is 9.78. The predicted octanol–water partition coefficient (Wildman–Crippen LogP) is 15.0. The van der Waals surface area contributed by atoms with E-state index >= 15 is 0 Å². The van der Waals surface area contributed by atoms with Crippen LogP contribution < -0.4 is 0 Å². The molecule has 0 amide bonds. The van der Waals surface area contributed by atoms with Crippen LogP contribution in [-0.4, -0.2) is 18.7 Å². The summed E-state index contributed by atoms with van der Waals surface area (Å²) in [5.41, 5.74) is 12.3. The third-order valence-corrected chi connectivity index (χ3v) is 14.1. The van der Waals surface area contributed by atoms with Gasteiger partial charge >= 0.3 is 0 Å². The van der Waals surface area contributed by atoms with Crippen molar-refractivity contribution < 1.29 is 4.42 Å². The molecule has 61 heavy (non-hydrogen) atoms. The SMILES string of the molecule is CCCC(C)(c1ccc2c(c1)c1ccccc1n2C(C)(CC)c1ccc2c(c1)c1ccccc1n2-c1ccc2oc3ccncc3c2c1)n1c2ccccc2c2ccccc21. The van der Waals surface area contributed by atoms with Gasteiger partial charge in [-0.3, -0.25) is 4.98 Å².